The minimum Gasteiger partial charge on any atom is -0.455 e. The largest absolute Gasteiger partial charge is 0.455 e. The van der Waals surface area contributed by atoms with Crippen molar-refractivity contribution in [2.24, 2.45) is 5.92 Å². The molecule has 1 aliphatic heterocycles. The highest BCUT2D eigenvalue weighted by atomic mass is 32.2. The number of rotatable bonds is 9. The Morgan fingerprint density at radius 2 is 1.82 bits per heavy atom. The normalized spacial score (nSPS) is 13.8. The zero-order chi connectivity index (χ0) is 23.0. The molecular formula is C24H29N5O3S. The van der Waals surface area contributed by atoms with Crippen LogP contribution >= 0.6 is 11.8 Å². The average Bonchev–Trinajstić information content (AvgIpc) is 3.22. The van der Waals surface area contributed by atoms with Crippen LogP contribution in [0, 0.1) is 5.92 Å². The lowest BCUT2D eigenvalue weighted by Crippen LogP contribution is -2.38. The predicted octanol–water partition coefficient (Wildman–Crippen LogP) is 4.29. The van der Waals surface area contributed by atoms with Crippen molar-refractivity contribution in [3.8, 4) is 11.5 Å². The van der Waals surface area contributed by atoms with Gasteiger partial charge in [-0.25, -0.2) is 0 Å². The SMILES string of the molecule is CC(C)Cn1c(SCC(=O)Nc2ccccc2Oc2ccccc2)nnc1N1CCOCC1. The van der Waals surface area contributed by atoms with E-state index in [9.17, 15) is 4.79 Å². The molecule has 2 aromatic carbocycles. The van der Waals surface area contributed by atoms with Crippen LogP contribution in [0.2, 0.25) is 0 Å². The summed E-state index contributed by atoms with van der Waals surface area (Å²) in [6.45, 7) is 8.06. The van der Waals surface area contributed by atoms with Crippen LogP contribution in [0.4, 0.5) is 11.6 Å². The van der Waals surface area contributed by atoms with Crippen LogP contribution in [-0.2, 0) is 16.1 Å². The molecule has 1 aromatic heterocycles. The molecular weight excluding hydrogens is 438 g/mol. The summed E-state index contributed by atoms with van der Waals surface area (Å²) in [5.74, 6) is 2.67. The van der Waals surface area contributed by atoms with E-state index in [1.807, 2.05) is 54.6 Å². The Balaban J connectivity index is 1.42. The van der Waals surface area contributed by atoms with E-state index < -0.39 is 0 Å². The van der Waals surface area contributed by atoms with Gasteiger partial charge in [0.15, 0.2) is 10.9 Å². The molecule has 1 amide bonds. The Labute approximate surface area is 198 Å². The maximum atomic E-state index is 12.8. The highest BCUT2D eigenvalue weighted by Crippen LogP contribution is 2.30. The van der Waals surface area contributed by atoms with Crippen LogP contribution in [0.1, 0.15) is 13.8 Å². The van der Waals surface area contributed by atoms with Crippen LogP contribution in [0.5, 0.6) is 11.5 Å². The first kappa shape index (κ1) is 23.1. The minimum absolute atomic E-state index is 0.129. The number of carbonyl (C=O) groups excluding carboxylic acids is 1. The number of aromatic nitrogens is 3. The molecule has 8 nitrogen and oxygen atoms in total. The van der Waals surface area contributed by atoms with E-state index in [2.05, 4.69) is 38.8 Å². The Morgan fingerprint density at radius 3 is 2.58 bits per heavy atom. The number of nitrogens with zero attached hydrogens (tertiary/aromatic N) is 4. The van der Waals surface area contributed by atoms with Crippen molar-refractivity contribution >= 4 is 29.3 Å². The smallest absolute Gasteiger partial charge is 0.234 e. The van der Waals surface area contributed by atoms with Crippen molar-refractivity contribution in [2.45, 2.75) is 25.5 Å². The first-order valence-corrected chi connectivity index (χ1v) is 12.1. The third kappa shape index (κ3) is 6.27. The molecule has 33 heavy (non-hydrogen) atoms. The number of nitrogens with one attached hydrogen (secondary N) is 1. The molecule has 0 radical (unpaired) electrons. The molecule has 9 heteroatoms. The Morgan fingerprint density at radius 1 is 1.09 bits per heavy atom. The van der Waals surface area contributed by atoms with Gasteiger partial charge in [-0.15, -0.1) is 10.2 Å². The van der Waals surface area contributed by atoms with Gasteiger partial charge in [-0.3, -0.25) is 9.36 Å². The highest BCUT2D eigenvalue weighted by molar-refractivity contribution is 7.99. The van der Waals surface area contributed by atoms with E-state index in [4.69, 9.17) is 9.47 Å². The van der Waals surface area contributed by atoms with Gasteiger partial charge in [-0.05, 0) is 30.2 Å². The standard InChI is InChI=1S/C24H29N5O3S/c1-18(2)16-29-23(28-12-14-31-15-13-28)26-27-24(29)33-17-22(30)25-20-10-6-7-11-21(20)32-19-8-4-3-5-9-19/h3-11,18H,12-17H2,1-2H3,(H,25,30). The molecule has 1 aliphatic rings. The number of carbonyl (C=O) groups is 1. The number of hydrogen-bond acceptors (Lipinski definition) is 7. The van der Waals surface area contributed by atoms with Crippen molar-refractivity contribution in [2.75, 3.05) is 42.3 Å². The number of para-hydroxylation sites is 3. The number of anilines is 2. The van der Waals surface area contributed by atoms with Crippen LogP contribution in [0.25, 0.3) is 0 Å². The van der Waals surface area contributed by atoms with Gasteiger partial charge in [0.1, 0.15) is 5.75 Å². The molecule has 1 fully saturated rings. The van der Waals surface area contributed by atoms with Crippen molar-refractivity contribution in [3.63, 3.8) is 0 Å². The van der Waals surface area contributed by atoms with E-state index in [0.717, 1.165) is 30.7 Å². The van der Waals surface area contributed by atoms with Crippen molar-refractivity contribution < 1.29 is 14.3 Å². The molecule has 3 aromatic rings. The summed E-state index contributed by atoms with van der Waals surface area (Å²) < 4.78 is 13.5. The topological polar surface area (TPSA) is 81.5 Å². The monoisotopic (exact) mass is 467 g/mol. The zero-order valence-electron chi connectivity index (χ0n) is 18.9. The maximum Gasteiger partial charge on any atom is 0.234 e. The van der Waals surface area contributed by atoms with E-state index in [0.29, 0.717) is 36.3 Å². The number of benzene rings is 2. The number of morpholine rings is 1. The predicted molar refractivity (Wildman–Crippen MR) is 130 cm³/mol. The van der Waals surface area contributed by atoms with Gasteiger partial charge < -0.3 is 19.7 Å². The number of hydrogen-bond donors (Lipinski definition) is 1. The molecule has 174 valence electrons. The van der Waals surface area contributed by atoms with Crippen molar-refractivity contribution in [3.05, 3.63) is 54.6 Å². The van der Waals surface area contributed by atoms with Gasteiger partial charge >= 0.3 is 0 Å². The molecule has 0 atom stereocenters. The lowest BCUT2D eigenvalue weighted by Gasteiger charge is -2.28. The molecule has 0 bridgehead atoms. The van der Waals surface area contributed by atoms with Gasteiger partial charge in [-0.1, -0.05) is 55.9 Å². The van der Waals surface area contributed by atoms with Gasteiger partial charge in [-0.2, -0.15) is 0 Å². The molecule has 0 spiro atoms. The second-order valence-electron chi connectivity index (χ2n) is 8.13. The van der Waals surface area contributed by atoms with Crippen LogP contribution in [-0.4, -0.2) is 52.7 Å². The number of amides is 1. The highest BCUT2D eigenvalue weighted by Gasteiger charge is 2.22. The van der Waals surface area contributed by atoms with Gasteiger partial charge in [0, 0.05) is 19.6 Å². The first-order chi connectivity index (χ1) is 16.1. The summed E-state index contributed by atoms with van der Waals surface area (Å²) in [6, 6.07) is 16.9. The molecule has 1 N–H and O–H groups in total. The van der Waals surface area contributed by atoms with E-state index in [-0.39, 0.29) is 11.7 Å². The molecule has 0 unspecified atom stereocenters. The lowest BCUT2D eigenvalue weighted by atomic mass is 10.2. The fourth-order valence-corrected chi connectivity index (χ4v) is 4.24. The Hall–Kier alpha value is -3.04. The summed E-state index contributed by atoms with van der Waals surface area (Å²) >= 11 is 1.39. The molecule has 4 rings (SSSR count). The summed E-state index contributed by atoms with van der Waals surface area (Å²) in [5.41, 5.74) is 0.629. The Kier molecular flexibility index (Phi) is 7.85. The fourth-order valence-electron chi connectivity index (χ4n) is 3.50. The average molecular weight is 468 g/mol. The van der Waals surface area contributed by atoms with Crippen LogP contribution in [0.3, 0.4) is 0 Å². The first-order valence-electron chi connectivity index (χ1n) is 11.1. The second-order valence-corrected chi connectivity index (χ2v) is 9.08. The molecule has 1 saturated heterocycles. The lowest BCUT2D eigenvalue weighted by molar-refractivity contribution is -0.113. The summed E-state index contributed by atoms with van der Waals surface area (Å²) in [6.07, 6.45) is 0. The minimum atomic E-state index is -0.129. The van der Waals surface area contributed by atoms with Crippen molar-refractivity contribution in [1.82, 2.24) is 14.8 Å². The third-order valence-electron chi connectivity index (χ3n) is 5.00. The quantitative estimate of drug-likeness (QED) is 0.470. The van der Waals surface area contributed by atoms with Gasteiger partial charge in [0.25, 0.3) is 0 Å². The second kappa shape index (κ2) is 11.2. The van der Waals surface area contributed by atoms with Crippen molar-refractivity contribution in [1.29, 1.82) is 0 Å². The number of thioether (sulfide) groups is 1. The molecule has 0 saturated carbocycles. The summed E-state index contributed by atoms with van der Waals surface area (Å²) in [7, 11) is 0. The van der Waals surface area contributed by atoms with Crippen LogP contribution in [0.15, 0.2) is 59.8 Å². The molecule has 2 heterocycles. The van der Waals surface area contributed by atoms with Gasteiger partial charge in [0.05, 0.1) is 24.7 Å². The molecule has 0 aliphatic carbocycles. The van der Waals surface area contributed by atoms with Crippen LogP contribution < -0.4 is 15.0 Å². The van der Waals surface area contributed by atoms with E-state index in [1.54, 1.807) is 0 Å². The maximum absolute atomic E-state index is 12.8. The summed E-state index contributed by atoms with van der Waals surface area (Å²) in [4.78, 5) is 15.0. The fraction of sp³-hybridized carbons (Fsp3) is 0.375. The Bertz CT molecular complexity index is 1050. The van der Waals surface area contributed by atoms with E-state index in [1.165, 1.54) is 11.8 Å². The third-order valence-corrected chi connectivity index (χ3v) is 5.97. The number of ether oxygens (including phenoxy) is 2. The summed E-state index contributed by atoms with van der Waals surface area (Å²) in [5, 5.41) is 12.5. The van der Waals surface area contributed by atoms with Gasteiger partial charge in [0.2, 0.25) is 11.9 Å². The van der Waals surface area contributed by atoms with E-state index >= 15 is 0 Å². The zero-order valence-corrected chi connectivity index (χ0v) is 19.8.